The SMILES string of the molecule is O=C(C[C@@H]1C[C@@H]2CC[C@@H]1C2)Nc1ccc(-c2nnc3n2CCCCC3)cc1. The Bertz CT molecular complexity index is 825. The maximum absolute atomic E-state index is 12.5. The molecule has 2 saturated carbocycles. The van der Waals surface area contributed by atoms with Gasteiger partial charge in [-0.3, -0.25) is 4.79 Å². The first-order valence-electron chi connectivity index (χ1n) is 10.6. The van der Waals surface area contributed by atoms with Crippen LogP contribution in [0.4, 0.5) is 5.69 Å². The Kier molecular flexibility index (Phi) is 4.46. The van der Waals surface area contributed by atoms with Crippen LogP contribution in [0, 0.1) is 17.8 Å². The van der Waals surface area contributed by atoms with E-state index in [1.165, 1.54) is 44.9 Å². The lowest BCUT2D eigenvalue weighted by atomic mass is 9.86. The van der Waals surface area contributed by atoms with Gasteiger partial charge in [-0.25, -0.2) is 0 Å². The van der Waals surface area contributed by atoms with Crippen LogP contribution in [0.1, 0.15) is 57.2 Å². The summed E-state index contributed by atoms with van der Waals surface area (Å²) in [6, 6.07) is 8.09. The van der Waals surface area contributed by atoms with E-state index < -0.39 is 0 Å². The van der Waals surface area contributed by atoms with E-state index in [0.717, 1.165) is 47.7 Å². The second-order valence-corrected chi connectivity index (χ2v) is 8.67. The van der Waals surface area contributed by atoms with E-state index in [0.29, 0.717) is 12.3 Å². The van der Waals surface area contributed by atoms with E-state index in [4.69, 9.17) is 0 Å². The third-order valence-electron chi connectivity index (χ3n) is 6.87. The lowest BCUT2D eigenvalue weighted by Gasteiger charge is -2.20. The van der Waals surface area contributed by atoms with Crippen molar-refractivity contribution in [2.45, 2.75) is 64.3 Å². The number of anilines is 1. The predicted molar refractivity (Wildman–Crippen MR) is 105 cm³/mol. The van der Waals surface area contributed by atoms with E-state index in [2.05, 4.69) is 32.2 Å². The summed E-state index contributed by atoms with van der Waals surface area (Å²) in [5, 5.41) is 11.9. The molecule has 5 heteroatoms. The van der Waals surface area contributed by atoms with Crippen LogP contribution >= 0.6 is 0 Å². The van der Waals surface area contributed by atoms with Crippen LogP contribution in [0.5, 0.6) is 0 Å². The number of nitrogens with one attached hydrogen (secondary N) is 1. The average molecular weight is 364 g/mol. The molecule has 3 aliphatic rings. The lowest BCUT2D eigenvalue weighted by molar-refractivity contribution is -0.117. The van der Waals surface area contributed by atoms with Gasteiger partial charge in [0, 0.05) is 30.6 Å². The first kappa shape index (κ1) is 17.0. The molecule has 0 spiro atoms. The smallest absolute Gasteiger partial charge is 0.224 e. The Morgan fingerprint density at radius 3 is 2.74 bits per heavy atom. The minimum absolute atomic E-state index is 0.164. The Labute approximate surface area is 160 Å². The zero-order valence-corrected chi connectivity index (χ0v) is 15.9. The van der Waals surface area contributed by atoms with Crippen molar-refractivity contribution < 1.29 is 4.79 Å². The number of fused-ring (bicyclic) bond motifs is 3. The quantitative estimate of drug-likeness (QED) is 0.873. The monoisotopic (exact) mass is 364 g/mol. The molecule has 1 aromatic carbocycles. The van der Waals surface area contributed by atoms with Crippen molar-refractivity contribution in [1.82, 2.24) is 14.8 Å². The summed E-state index contributed by atoms with van der Waals surface area (Å²) >= 11 is 0. The number of benzene rings is 1. The van der Waals surface area contributed by atoms with Gasteiger partial charge in [0.05, 0.1) is 0 Å². The highest BCUT2D eigenvalue weighted by molar-refractivity contribution is 5.91. The van der Waals surface area contributed by atoms with Gasteiger partial charge in [-0.1, -0.05) is 12.8 Å². The van der Waals surface area contributed by atoms with E-state index in [-0.39, 0.29) is 5.91 Å². The summed E-state index contributed by atoms with van der Waals surface area (Å²) in [5.74, 6) is 4.51. The molecular formula is C22H28N4O. The highest BCUT2D eigenvalue weighted by Gasteiger charge is 2.40. The van der Waals surface area contributed by atoms with E-state index in [1.807, 2.05) is 12.1 Å². The second kappa shape index (κ2) is 7.10. The molecule has 142 valence electrons. The molecule has 3 atom stereocenters. The summed E-state index contributed by atoms with van der Waals surface area (Å²) in [6.45, 7) is 1.000. The van der Waals surface area contributed by atoms with Crippen molar-refractivity contribution >= 4 is 11.6 Å². The Morgan fingerprint density at radius 2 is 1.96 bits per heavy atom. The molecule has 1 N–H and O–H groups in total. The average Bonchev–Trinajstić information content (AvgIpc) is 3.35. The molecule has 2 bridgehead atoms. The Hall–Kier alpha value is -2.17. The van der Waals surface area contributed by atoms with Crippen LogP contribution in [0.15, 0.2) is 24.3 Å². The van der Waals surface area contributed by atoms with Crippen LogP contribution < -0.4 is 5.32 Å². The van der Waals surface area contributed by atoms with E-state index in [1.54, 1.807) is 0 Å². The third kappa shape index (κ3) is 3.40. The fourth-order valence-electron chi connectivity index (χ4n) is 5.48. The van der Waals surface area contributed by atoms with E-state index in [9.17, 15) is 4.79 Å². The fraction of sp³-hybridized carbons (Fsp3) is 0.591. The Balaban J connectivity index is 1.24. The molecule has 5 nitrogen and oxygen atoms in total. The maximum atomic E-state index is 12.5. The van der Waals surface area contributed by atoms with Crippen molar-refractivity contribution in [3.05, 3.63) is 30.1 Å². The number of nitrogens with zero attached hydrogens (tertiary/aromatic N) is 3. The predicted octanol–water partition coefficient (Wildman–Crippen LogP) is 4.44. The van der Waals surface area contributed by atoms with Gasteiger partial charge in [-0.05, 0) is 74.1 Å². The molecule has 2 fully saturated rings. The van der Waals surface area contributed by atoms with Crippen LogP contribution in [-0.4, -0.2) is 20.7 Å². The van der Waals surface area contributed by atoms with Gasteiger partial charge in [-0.15, -0.1) is 10.2 Å². The molecule has 2 aliphatic carbocycles. The number of carbonyl (C=O) groups is 1. The molecule has 1 aromatic heterocycles. The first-order valence-corrected chi connectivity index (χ1v) is 10.6. The van der Waals surface area contributed by atoms with Gasteiger partial charge in [0.15, 0.2) is 5.82 Å². The summed E-state index contributed by atoms with van der Waals surface area (Å²) in [6.07, 6.45) is 10.7. The van der Waals surface area contributed by atoms with Gasteiger partial charge in [0.1, 0.15) is 5.82 Å². The van der Waals surface area contributed by atoms with Crippen molar-refractivity contribution in [3.63, 3.8) is 0 Å². The number of aromatic nitrogens is 3. The number of hydrogen-bond donors (Lipinski definition) is 1. The minimum atomic E-state index is 0.164. The van der Waals surface area contributed by atoms with Crippen molar-refractivity contribution in [2.24, 2.45) is 17.8 Å². The number of rotatable bonds is 4. The molecule has 0 unspecified atom stereocenters. The lowest BCUT2D eigenvalue weighted by Crippen LogP contribution is -2.20. The molecule has 5 rings (SSSR count). The number of aryl methyl sites for hydroxylation is 1. The number of carbonyl (C=O) groups excluding carboxylic acids is 1. The fourth-order valence-corrected chi connectivity index (χ4v) is 5.48. The highest BCUT2D eigenvalue weighted by Crippen LogP contribution is 2.49. The maximum Gasteiger partial charge on any atom is 0.224 e. The number of hydrogen-bond acceptors (Lipinski definition) is 3. The van der Waals surface area contributed by atoms with Crippen LogP contribution in [-0.2, 0) is 17.8 Å². The molecule has 2 heterocycles. The van der Waals surface area contributed by atoms with Gasteiger partial charge in [0.25, 0.3) is 0 Å². The normalized spacial score (nSPS) is 26.6. The van der Waals surface area contributed by atoms with Crippen LogP contribution in [0.25, 0.3) is 11.4 Å². The summed E-state index contributed by atoms with van der Waals surface area (Å²) < 4.78 is 2.26. The molecule has 0 saturated heterocycles. The third-order valence-corrected chi connectivity index (χ3v) is 6.87. The van der Waals surface area contributed by atoms with Gasteiger partial charge >= 0.3 is 0 Å². The van der Waals surface area contributed by atoms with Gasteiger partial charge in [0.2, 0.25) is 5.91 Å². The molecule has 1 amide bonds. The molecule has 1 aliphatic heterocycles. The summed E-state index contributed by atoms with van der Waals surface area (Å²) in [5.41, 5.74) is 1.95. The van der Waals surface area contributed by atoms with Crippen LogP contribution in [0.3, 0.4) is 0 Å². The second-order valence-electron chi connectivity index (χ2n) is 8.67. The van der Waals surface area contributed by atoms with E-state index >= 15 is 0 Å². The standard InChI is InChI=1S/C22H28N4O/c27-21(14-18-13-15-5-6-17(18)12-15)23-19-9-7-16(8-10-19)22-25-24-20-4-2-1-3-11-26(20)22/h7-10,15,17-18H,1-6,11-14H2,(H,23,27)/t15-,17-,18+/m1/s1. The van der Waals surface area contributed by atoms with Crippen molar-refractivity contribution in [1.29, 1.82) is 0 Å². The van der Waals surface area contributed by atoms with Gasteiger partial charge < -0.3 is 9.88 Å². The van der Waals surface area contributed by atoms with Crippen molar-refractivity contribution in [2.75, 3.05) is 5.32 Å². The van der Waals surface area contributed by atoms with Crippen molar-refractivity contribution in [3.8, 4) is 11.4 Å². The zero-order valence-electron chi connectivity index (χ0n) is 15.9. The largest absolute Gasteiger partial charge is 0.326 e. The van der Waals surface area contributed by atoms with Crippen LogP contribution in [0.2, 0.25) is 0 Å². The molecule has 27 heavy (non-hydrogen) atoms. The minimum Gasteiger partial charge on any atom is -0.326 e. The summed E-state index contributed by atoms with van der Waals surface area (Å²) in [4.78, 5) is 12.5. The van der Waals surface area contributed by atoms with Gasteiger partial charge in [-0.2, -0.15) is 0 Å². The first-order chi connectivity index (χ1) is 13.3. The summed E-state index contributed by atoms with van der Waals surface area (Å²) in [7, 11) is 0. The molecule has 2 aromatic rings. The highest BCUT2D eigenvalue weighted by atomic mass is 16.1. The Morgan fingerprint density at radius 1 is 1.07 bits per heavy atom. The molecule has 0 radical (unpaired) electrons. The topological polar surface area (TPSA) is 59.8 Å². The zero-order chi connectivity index (χ0) is 18.2. The number of amides is 1. The molecular weight excluding hydrogens is 336 g/mol.